The van der Waals surface area contributed by atoms with Crippen LogP contribution in [0.15, 0.2) is 102 Å². The first-order chi connectivity index (χ1) is 14.1. The molecule has 3 aromatic carbocycles. The van der Waals surface area contributed by atoms with Crippen LogP contribution in [0.3, 0.4) is 0 Å². The molecule has 4 aromatic rings. The first kappa shape index (κ1) is 19.0. The molecule has 0 amide bonds. The SMILES string of the molecule is O=S(=O)(NC(Cn1cncn1)c1ccccc1)c1ccc(-c2ccccc2)cc1. The first-order valence-electron chi connectivity index (χ1n) is 9.17. The molecule has 0 fully saturated rings. The van der Waals surface area contributed by atoms with E-state index >= 15 is 0 Å². The lowest BCUT2D eigenvalue weighted by Crippen LogP contribution is -2.31. The fourth-order valence-corrected chi connectivity index (χ4v) is 4.34. The van der Waals surface area contributed by atoms with E-state index < -0.39 is 16.1 Å². The number of aromatic nitrogens is 3. The van der Waals surface area contributed by atoms with Crippen LogP contribution in [-0.2, 0) is 16.6 Å². The average Bonchev–Trinajstić information content (AvgIpc) is 3.28. The van der Waals surface area contributed by atoms with E-state index in [2.05, 4.69) is 14.8 Å². The van der Waals surface area contributed by atoms with Crippen LogP contribution in [-0.4, -0.2) is 23.2 Å². The molecule has 1 unspecified atom stereocenters. The number of hydrogen-bond acceptors (Lipinski definition) is 4. The molecule has 0 radical (unpaired) electrons. The lowest BCUT2D eigenvalue weighted by Gasteiger charge is -2.19. The van der Waals surface area contributed by atoms with Crippen molar-refractivity contribution in [3.05, 3.63) is 103 Å². The van der Waals surface area contributed by atoms with E-state index in [1.54, 1.807) is 23.1 Å². The fraction of sp³-hybridized carbons (Fsp3) is 0.0909. The molecule has 0 saturated heterocycles. The fourth-order valence-electron chi connectivity index (χ4n) is 3.12. The van der Waals surface area contributed by atoms with Crippen LogP contribution in [0.1, 0.15) is 11.6 Å². The number of sulfonamides is 1. The van der Waals surface area contributed by atoms with Gasteiger partial charge in [0.25, 0.3) is 0 Å². The summed E-state index contributed by atoms with van der Waals surface area (Å²) in [4.78, 5) is 4.16. The van der Waals surface area contributed by atoms with Crippen molar-refractivity contribution in [1.29, 1.82) is 0 Å². The molecule has 7 heteroatoms. The molecule has 1 aromatic heterocycles. The van der Waals surface area contributed by atoms with Crippen molar-refractivity contribution in [2.45, 2.75) is 17.5 Å². The molecule has 0 bridgehead atoms. The van der Waals surface area contributed by atoms with E-state index in [1.165, 1.54) is 6.33 Å². The van der Waals surface area contributed by atoms with Gasteiger partial charge in [-0.05, 0) is 28.8 Å². The topological polar surface area (TPSA) is 76.9 Å². The zero-order valence-corrected chi connectivity index (χ0v) is 16.4. The van der Waals surface area contributed by atoms with Crippen LogP contribution in [0.2, 0.25) is 0 Å². The van der Waals surface area contributed by atoms with Crippen LogP contribution < -0.4 is 4.72 Å². The van der Waals surface area contributed by atoms with Crippen LogP contribution in [0.5, 0.6) is 0 Å². The van der Waals surface area contributed by atoms with Gasteiger partial charge in [-0.25, -0.2) is 18.1 Å². The summed E-state index contributed by atoms with van der Waals surface area (Å²) in [7, 11) is -3.72. The van der Waals surface area contributed by atoms with Crippen LogP contribution >= 0.6 is 0 Å². The van der Waals surface area contributed by atoms with Gasteiger partial charge in [0.15, 0.2) is 0 Å². The van der Waals surface area contributed by atoms with Gasteiger partial charge in [-0.15, -0.1) is 0 Å². The molecule has 0 saturated carbocycles. The molecule has 29 heavy (non-hydrogen) atoms. The molecular weight excluding hydrogens is 384 g/mol. The predicted molar refractivity (Wildman–Crippen MR) is 111 cm³/mol. The number of rotatable bonds is 7. The molecule has 6 nitrogen and oxygen atoms in total. The second kappa shape index (κ2) is 8.38. The van der Waals surface area contributed by atoms with Gasteiger partial charge in [0.05, 0.1) is 17.5 Å². The van der Waals surface area contributed by atoms with Gasteiger partial charge in [0.2, 0.25) is 10.0 Å². The highest BCUT2D eigenvalue weighted by Crippen LogP contribution is 2.23. The Labute approximate surface area is 169 Å². The minimum absolute atomic E-state index is 0.219. The summed E-state index contributed by atoms with van der Waals surface area (Å²) in [5.41, 5.74) is 2.86. The standard InChI is InChI=1S/C22H20N4O2S/c27-29(28,21-13-11-19(12-14-21)18-7-3-1-4-8-18)25-22(15-26-17-23-16-24-26)20-9-5-2-6-10-20/h1-14,16-17,22,25H,15H2. The van der Waals surface area contributed by atoms with E-state index in [9.17, 15) is 8.42 Å². The summed E-state index contributed by atoms with van der Waals surface area (Å²) in [5.74, 6) is 0. The Balaban J connectivity index is 1.59. The zero-order chi connectivity index (χ0) is 20.1. The summed E-state index contributed by atoms with van der Waals surface area (Å²) in [5, 5.41) is 4.10. The van der Waals surface area contributed by atoms with Crippen LogP contribution in [0.25, 0.3) is 11.1 Å². The maximum atomic E-state index is 13.0. The summed E-state index contributed by atoms with van der Waals surface area (Å²) in [6, 6.07) is 25.7. The van der Waals surface area contributed by atoms with Gasteiger partial charge in [-0.1, -0.05) is 72.8 Å². The van der Waals surface area contributed by atoms with Crippen molar-refractivity contribution >= 4 is 10.0 Å². The third-order valence-electron chi connectivity index (χ3n) is 4.61. The summed E-state index contributed by atoms with van der Waals surface area (Å²) < 4.78 is 30.5. The summed E-state index contributed by atoms with van der Waals surface area (Å²) in [6.45, 7) is 0.339. The Morgan fingerprint density at radius 1 is 0.828 bits per heavy atom. The van der Waals surface area contributed by atoms with Gasteiger partial charge in [-0.3, -0.25) is 4.68 Å². The molecular formula is C22H20N4O2S. The Morgan fingerprint density at radius 3 is 2.07 bits per heavy atom. The highest BCUT2D eigenvalue weighted by Gasteiger charge is 2.22. The summed E-state index contributed by atoms with van der Waals surface area (Å²) in [6.07, 6.45) is 3.00. The number of nitrogens with zero attached hydrogens (tertiary/aromatic N) is 3. The van der Waals surface area contributed by atoms with Crippen molar-refractivity contribution in [3.63, 3.8) is 0 Å². The molecule has 146 valence electrons. The lowest BCUT2D eigenvalue weighted by atomic mass is 10.1. The molecule has 0 spiro atoms. The van der Waals surface area contributed by atoms with Crippen LogP contribution in [0, 0.1) is 0 Å². The van der Waals surface area contributed by atoms with Crippen molar-refractivity contribution in [1.82, 2.24) is 19.5 Å². The molecule has 0 aliphatic carbocycles. The molecule has 0 aliphatic heterocycles. The molecule has 1 heterocycles. The lowest BCUT2D eigenvalue weighted by molar-refractivity contribution is 0.482. The minimum atomic E-state index is -3.72. The second-order valence-corrected chi connectivity index (χ2v) is 8.31. The third-order valence-corrected chi connectivity index (χ3v) is 6.09. The quantitative estimate of drug-likeness (QED) is 0.510. The van der Waals surface area contributed by atoms with Gasteiger partial charge in [0, 0.05) is 0 Å². The molecule has 0 aliphatic rings. The normalized spacial score (nSPS) is 12.6. The van der Waals surface area contributed by atoms with E-state index in [-0.39, 0.29) is 4.90 Å². The molecule has 1 N–H and O–H groups in total. The van der Waals surface area contributed by atoms with Gasteiger partial charge < -0.3 is 0 Å². The third kappa shape index (κ3) is 4.59. The van der Waals surface area contributed by atoms with E-state index in [1.807, 2.05) is 72.8 Å². The number of nitrogens with one attached hydrogen (secondary N) is 1. The van der Waals surface area contributed by atoms with Crippen LogP contribution in [0.4, 0.5) is 0 Å². The van der Waals surface area contributed by atoms with E-state index in [0.717, 1.165) is 16.7 Å². The molecule has 4 rings (SSSR count). The largest absolute Gasteiger partial charge is 0.251 e. The Kier molecular flexibility index (Phi) is 5.50. The molecule has 1 atom stereocenters. The zero-order valence-electron chi connectivity index (χ0n) is 15.6. The maximum absolute atomic E-state index is 13.0. The second-order valence-electron chi connectivity index (χ2n) is 6.59. The Bertz CT molecular complexity index is 1140. The highest BCUT2D eigenvalue weighted by atomic mass is 32.2. The smallest absolute Gasteiger partial charge is 0.241 e. The van der Waals surface area contributed by atoms with E-state index in [4.69, 9.17) is 0 Å². The minimum Gasteiger partial charge on any atom is -0.251 e. The maximum Gasteiger partial charge on any atom is 0.241 e. The number of benzene rings is 3. The van der Waals surface area contributed by atoms with E-state index in [0.29, 0.717) is 6.54 Å². The van der Waals surface area contributed by atoms with Gasteiger partial charge in [-0.2, -0.15) is 5.10 Å². The average molecular weight is 404 g/mol. The van der Waals surface area contributed by atoms with Gasteiger partial charge >= 0.3 is 0 Å². The van der Waals surface area contributed by atoms with Gasteiger partial charge in [0.1, 0.15) is 12.7 Å². The Hall–Kier alpha value is -3.29. The van der Waals surface area contributed by atoms with Crippen molar-refractivity contribution in [2.24, 2.45) is 0 Å². The summed E-state index contributed by atoms with van der Waals surface area (Å²) >= 11 is 0. The predicted octanol–water partition coefficient (Wildman–Crippen LogP) is 3.66. The monoisotopic (exact) mass is 404 g/mol. The number of hydrogen-bond donors (Lipinski definition) is 1. The van der Waals surface area contributed by atoms with Crippen molar-refractivity contribution < 1.29 is 8.42 Å². The highest BCUT2D eigenvalue weighted by molar-refractivity contribution is 7.89. The van der Waals surface area contributed by atoms with Crippen molar-refractivity contribution in [3.8, 4) is 11.1 Å². The van der Waals surface area contributed by atoms with Crippen molar-refractivity contribution in [2.75, 3.05) is 0 Å². The first-order valence-corrected chi connectivity index (χ1v) is 10.7. The Morgan fingerprint density at radius 2 is 1.45 bits per heavy atom.